The number of unbranched alkanes of at least 4 members (excludes halogenated alkanes) is 4. The zero-order valence-electron chi connectivity index (χ0n) is 14.6. The van der Waals surface area contributed by atoms with E-state index in [0.29, 0.717) is 25.2 Å². The van der Waals surface area contributed by atoms with Crippen LogP contribution in [0, 0.1) is 0 Å². The molecule has 0 unspecified atom stereocenters. The van der Waals surface area contributed by atoms with Crippen molar-refractivity contribution >= 4 is 5.97 Å². The number of carboxylic acid groups (broad SMARTS) is 1. The number of aliphatic carboxylic acids is 1. The highest BCUT2D eigenvalue weighted by Gasteiger charge is 2.35. The first-order valence-electron chi connectivity index (χ1n) is 9.17. The number of allylic oxidation sites excluding steroid dienone is 4. The Balaban J connectivity index is 1.91. The van der Waals surface area contributed by atoms with Crippen molar-refractivity contribution in [2.75, 3.05) is 6.61 Å². The van der Waals surface area contributed by atoms with Crippen LogP contribution in [0.25, 0.3) is 0 Å². The summed E-state index contributed by atoms with van der Waals surface area (Å²) in [7, 11) is 0. The monoisotopic (exact) mass is 336 g/mol. The van der Waals surface area contributed by atoms with E-state index in [1.165, 1.54) is 0 Å². The molecule has 0 saturated carbocycles. The van der Waals surface area contributed by atoms with Crippen LogP contribution in [-0.2, 0) is 9.53 Å². The standard InChI is InChI=1S/C20H32O4/c21-17-13-9-5-4-7-11-15-19-18(24-19)14-10-6-2-1-3-8-12-16-20(22)23/h1,3,6-7,10-11,18-19,21H,2,4-5,8-9,12-17H2,(H,22,23)/b3-1-,10-6-,11-7-/t18-,19+/m1/s1. The van der Waals surface area contributed by atoms with Crippen LogP contribution in [0.15, 0.2) is 36.5 Å². The summed E-state index contributed by atoms with van der Waals surface area (Å²) >= 11 is 0. The molecule has 1 heterocycles. The Labute approximate surface area is 145 Å². The number of carbonyl (C=O) groups is 1. The molecule has 0 aliphatic carbocycles. The summed E-state index contributed by atoms with van der Waals surface area (Å²) in [6.07, 6.45) is 22.6. The molecule has 4 nitrogen and oxygen atoms in total. The van der Waals surface area contributed by atoms with Crippen LogP contribution >= 0.6 is 0 Å². The fourth-order valence-electron chi connectivity index (χ4n) is 2.48. The molecular weight excluding hydrogens is 304 g/mol. The van der Waals surface area contributed by atoms with Gasteiger partial charge >= 0.3 is 5.97 Å². The number of hydrogen-bond donors (Lipinski definition) is 2. The lowest BCUT2D eigenvalue weighted by molar-refractivity contribution is -0.137. The van der Waals surface area contributed by atoms with Crippen LogP contribution in [0.4, 0.5) is 0 Å². The number of aliphatic hydroxyl groups is 1. The summed E-state index contributed by atoms with van der Waals surface area (Å²) in [6.45, 7) is 0.301. The molecular formula is C20H32O4. The van der Waals surface area contributed by atoms with Crippen molar-refractivity contribution in [2.45, 2.75) is 76.4 Å². The van der Waals surface area contributed by atoms with E-state index in [0.717, 1.165) is 51.4 Å². The van der Waals surface area contributed by atoms with E-state index in [4.69, 9.17) is 14.9 Å². The third kappa shape index (κ3) is 12.1. The fraction of sp³-hybridized carbons (Fsp3) is 0.650. The topological polar surface area (TPSA) is 70.1 Å². The van der Waals surface area contributed by atoms with Gasteiger partial charge in [-0.1, -0.05) is 42.9 Å². The third-order valence-electron chi connectivity index (χ3n) is 3.99. The van der Waals surface area contributed by atoms with Crippen LogP contribution in [0.1, 0.15) is 64.2 Å². The molecule has 0 radical (unpaired) electrons. The highest BCUT2D eigenvalue weighted by molar-refractivity contribution is 5.66. The van der Waals surface area contributed by atoms with Crippen LogP contribution in [0.5, 0.6) is 0 Å². The molecule has 1 fully saturated rings. The maximum absolute atomic E-state index is 10.3. The highest BCUT2D eigenvalue weighted by atomic mass is 16.6. The van der Waals surface area contributed by atoms with E-state index in [9.17, 15) is 4.79 Å². The lowest BCUT2D eigenvalue weighted by Gasteiger charge is -1.93. The van der Waals surface area contributed by atoms with E-state index in [1.807, 2.05) is 0 Å². The van der Waals surface area contributed by atoms with Gasteiger partial charge in [-0.3, -0.25) is 4.79 Å². The van der Waals surface area contributed by atoms with Crippen molar-refractivity contribution in [3.63, 3.8) is 0 Å². The van der Waals surface area contributed by atoms with Gasteiger partial charge in [0.25, 0.3) is 0 Å². The number of epoxide rings is 1. The molecule has 0 bridgehead atoms. The lowest BCUT2D eigenvalue weighted by Crippen LogP contribution is -1.92. The highest BCUT2D eigenvalue weighted by Crippen LogP contribution is 2.29. The van der Waals surface area contributed by atoms with Gasteiger partial charge < -0.3 is 14.9 Å². The molecule has 0 aromatic heterocycles. The number of rotatable bonds is 15. The smallest absolute Gasteiger partial charge is 0.303 e. The number of ether oxygens (including phenoxy) is 1. The predicted octanol–water partition coefficient (Wildman–Crippen LogP) is 4.40. The third-order valence-corrected chi connectivity index (χ3v) is 3.99. The summed E-state index contributed by atoms with van der Waals surface area (Å²) in [6, 6.07) is 0. The first-order chi connectivity index (χ1) is 11.7. The van der Waals surface area contributed by atoms with Crippen LogP contribution in [0.3, 0.4) is 0 Å². The molecule has 2 atom stereocenters. The zero-order valence-corrected chi connectivity index (χ0v) is 14.6. The average Bonchev–Trinajstić information content (AvgIpc) is 3.30. The Morgan fingerprint density at radius 2 is 1.46 bits per heavy atom. The Morgan fingerprint density at radius 3 is 2.17 bits per heavy atom. The van der Waals surface area contributed by atoms with Gasteiger partial charge in [-0.15, -0.1) is 0 Å². The van der Waals surface area contributed by atoms with Crippen LogP contribution in [0.2, 0.25) is 0 Å². The second-order valence-electron chi connectivity index (χ2n) is 6.19. The summed E-state index contributed by atoms with van der Waals surface area (Å²) in [4.78, 5) is 10.3. The van der Waals surface area contributed by atoms with Crippen molar-refractivity contribution in [2.24, 2.45) is 0 Å². The van der Waals surface area contributed by atoms with E-state index < -0.39 is 5.97 Å². The molecule has 1 aliphatic rings. The van der Waals surface area contributed by atoms with E-state index in [-0.39, 0.29) is 6.42 Å². The minimum Gasteiger partial charge on any atom is -0.481 e. The second-order valence-corrected chi connectivity index (χ2v) is 6.19. The van der Waals surface area contributed by atoms with Crippen molar-refractivity contribution in [3.05, 3.63) is 36.5 Å². The van der Waals surface area contributed by atoms with Crippen LogP contribution < -0.4 is 0 Å². The van der Waals surface area contributed by atoms with Crippen LogP contribution in [-0.4, -0.2) is 35.0 Å². The molecule has 1 rings (SSSR count). The quantitative estimate of drug-likeness (QED) is 0.264. The van der Waals surface area contributed by atoms with Crippen molar-refractivity contribution < 1.29 is 19.7 Å². The SMILES string of the molecule is O=C(O)CCC/C=C\C/C=C\C[C@H]1O[C@H]1C/C=C\CCCCCO. The normalized spacial score (nSPS) is 20.5. The maximum Gasteiger partial charge on any atom is 0.303 e. The largest absolute Gasteiger partial charge is 0.481 e. The molecule has 4 heteroatoms. The molecule has 136 valence electrons. The second kappa shape index (κ2) is 14.0. The molecule has 0 aromatic rings. The van der Waals surface area contributed by atoms with Crippen molar-refractivity contribution in [1.29, 1.82) is 0 Å². The van der Waals surface area contributed by atoms with E-state index in [1.54, 1.807) is 0 Å². The number of aliphatic hydroxyl groups excluding tert-OH is 1. The Kier molecular flexibility index (Phi) is 12.0. The van der Waals surface area contributed by atoms with Gasteiger partial charge in [0, 0.05) is 13.0 Å². The molecule has 0 spiro atoms. The van der Waals surface area contributed by atoms with Gasteiger partial charge in [-0.25, -0.2) is 0 Å². The summed E-state index contributed by atoms with van der Waals surface area (Å²) in [5, 5.41) is 17.2. The predicted molar refractivity (Wildman–Crippen MR) is 97.0 cm³/mol. The molecule has 0 aromatic carbocycles. The molecule has 1 saturated heterocycles. The molecule has 1 aliphatic heterocycles. The van der Waals surface area contributed by atoms with Crippen molar-refractivity contribution in [3.8, 4) is 0 Å². The summed E-state index contributed by atoms with van der Waals surface area (Å²) in [5.41, 5.74) is 0. The first kappa shape index (κ1) is 20.7. The fourth-order valence-corrected chi connectivity index (χ4v) is 2.48. The molecule has 2 N–H and O–H groups in total. The average molecular weight is 336 g/mol. The lowest BCUT2D eigenvalue weighted by atomic mass is 10.1. The van der Waals surface area contributed by atoms with Gasteiger partial charge in [-0.2, -0.15) is 0 Å². The van der Waals surface area contributed by atoms with Gasteiger partial charge in [-0.05, 0) is 51.4 Å². The number of carboxylic acids is 1. The van der Waals surface area contributed by atoms with Gasteiger partial charge in [0.15, 0.2) is 0 Å². The van der Waals surface area contributed by atoms with E-state index >= 15 is 0 Å². The Morgan fingerprint density at radius 1 is 0.833 bits per heavy atom. The van der Waals surface area contributed by atoms with Crippen molar-refractivity contribution in [1.82, 2.24) is 0 Å². The minimum absolute atomic E-state index is 0.248. The minimum atomic E-state index is -0.723. The van der Waals surface area contributed by atoms with E-state index in [2.05, 4.69) is 36.5 Å². The van der Waals surface area contributed by atoms with Gasteiger partial charge in [0.05, 0.1) is 12.2 Å². The zero-order chi connectivity index (χ0) is 17.5. The number of hydrogen-bond acceptors (Lipinski definition) is 3. The Bertz CT molecular complexity index is 412. The maximum atomic E-state index is 10.3. The summed E-state index contributed by atoms with van der Waals surface area (Å²) < 4.78 is 5.63. The van der Waals surface area contributed by atoms with Gasteiger partial charge in [0.1, 0.15) is 0 Å². The molecule has 0 amide bonds. The van der Waals surface area contributed by atoms with Gasteiger partial charge in [0.2, 0.25) is 0 Å². The summed E-state index contributed by atoms with van der Waals surface area (Å²) in [5.74, 6) is -0.723. The molecule has 24 heavy (non-hydrogen) atoms. The Hall–Kier alpha value is -1.39. The first-order valence-corrected chi connectivity index (χ1v) is 9.17.